The van der Waals surface area contributed by atoms with E-state index in [9.17, 15) is 0 Å². The lowest BCUT2D eigenvalue weighted by molar-refractivity contribution is -0.196. The van der Waals surface area contributed by atoms with Gasteiger partial charge in [0, 0.05) is 17.0 Å². The smallest absolute Gasteiger partial charge is 0.164 e. The first-order valence-corrected chi connectivity index (χ1v) is 12.8. The zero-order valence-electron chi connectivity index (χ0n) is 19.9. The molecule has 35 heavy (non-hydrogen) atoms. The number of ether oxygens (including phenoxy) is 3. The van der Waals surface area contributed by atoms with Crippen molar-refractivity contribution in [3.8, 4) is 0 Å². The van der Waals surface area contributed by atoms with Crippen LogP contribution in [0.25, 0.3) is 21.9 Å². The first kappa shape index (κ1) is 22.8. The number of hydrogen-bond donors (Lipinski definition) is 1. The van der Waals surface area contributed by atoms with Crippen LogP contribution in [0.5, 0.6) is 0 Å². The molecule has 4 atom stereocenters. The molecule has 2 fully saturated rings. The van der Waals surface area contributed by atoms with E-state index in [1.165, 1.54) is 5.56 Å². The van der Waals surface area contributed by atoms with Crippen molar-refractivity contribution >= 4 is 43.7 Å². The van der Waals surface area contributed by atoms with Gasteiger partial charge >= 0.3 is 0 Å². The third kappa shape index (κ3) is 4.00. The summed E-state index contributed by atoms with van der Waals surface area (Å²) in [6, 6.07) is 10.4. The summed E-state index contributed by atoms with van der Waals surface area (Å²) in [6.07, 6.45) is 5.29. The topological polar surface area (TPSA) is 97.3 Å². The van der Waals surface area contributed by atoms with Gasteiger partial charge in [0.05, 0.1) is 21.8 Å². The van der Waals surface area contributed by atoms with Gasteiger partial charge in [0.2, 0.25) is 0 Å². The van der Waals surface area contributed by atoms with Crippen LogP contribution in [0.1, 0.15) is 44.7 Å². The van der Waals surface area contributed by atoms with Crippen molar-refractivity contribution in [3.05, 3.63) is 58.6 Å². The van der Waals surface area contributed by atoms with Crippen LogP contribution < -0.4 is 5.73 Å². The lowest BCUT2D eigenvalue weighted by atomic mass is 10.0. The fourth-order valence-electron chi connectivity index (χ4n) is 5.29. The highest BCUT2D eigenvalue weighted by Crippen LogP contribution is 2.45. The van der Waals surface area contributed by atoms with Crippen molar-refractivity contribution in [2.75, 3.05) is 5.73 Å². The van der Waals surface area contributed by atoms with E-state index in [1.807, 2.05) is 26.1 Å². The van der Waals surface area contributed by atoms with Crippen molar-refractivity contribution in [2.45, 2.75) is 70.4 Å². The van der Waals surface area contributed by atoms with Crippen LogP contribution in [0, 0.1) is 0 Å². The van der Waals surface area contributed by atoms with Crippen LogP contribution >= 0.6 is 15.9 Å². The van der Waals surface area contributed by atoms with Crippen LogP contribution in [-0.4, -0.2) is 43.6 Å². The number of hydrogen-bond acceptors (Lipinski definition) is 7. The Morgan fingerprint density at radius 1 is 1.11 bits per heavy atom. The van der Waals surface area contributed by atoms with E-state index < -0.39 is 5.79 Å². The molecule has 0 saturated carbocycles. The van der Waals surface area contributed by atoms with E-state index in [2.05, 4.69) is 66.6 Å². The fraction of sp³-hybridized carbons (Fsp3) is 0.423. The number of aryl methyl sites for hydroxylation is 2. The molecule has 6 rings (SSSR count). The Labute approximate surface area is 211 Å². The normalized spacial score (nSPS) is 25.5. The number of halogens is 1. The Hall–Kier alpha value is -2.59. The van der Waals surface area contributed by atoms with Crippen LogP contribution in [0.3, 0.4) is 0 Å². The van der Waals surface area contributed by atoms with Gasteiger partial charge in [0.15, 0.2) is 12.0 Å². The van der Waals surface area contributed by atoms with E-state index in [0.717, 1.165) is 51.4 Å². The summed E-state index contributed by atoms with van der Waals surface area (Å²) < 4.78 is 22.2. The lowest BCUT2D eigenvalue weighted by Crippen LogP contribution is -2.29. The van der Waals surface area contributed by atoms with E-state index in [-0.39, 0.29) is 24.5 Å². The molecule has 0 bridgehead atoms. The maximum atomic E-state index is 6.60. The minimum absolute atomic E-state index is 0.115. The van der Waals surface area contributed by atoms with Gasteiger partial charge in [-0.2, -0.15) is 0 Å². The van der Waals surface area contributed by atoms with Crippen molar-refractivity contribution < 1.29 is 14.2 Å². The van der Waals surface area contributed by atoms with Crippen LogP contribution in [-0.2, 0) is 27.1 Å². The molecule has 9 heteroatoms. The average molecular weight is 538 g/mol. The molecule has 182 valence electrons. The Kier molecular flexibility index (Phi) is 5.56. The second kappa shape index (κ2) is 8.51. The number of nitrogens with zero attached hydrogens (tertiary/aromatic N) is 4. The summed E-state index contributed by atoms with van der Waals surface area (Å²) in [5.41, 5.74) is 9.95. The molecule has 2 aliphatic rings. The van der Waals surface area contributed by atoms with Gasteiger partial charge in [-0.05, 0) is 72.8 Å². The summed E-state index contributed by atoms with van der Waals surface area (Å²) in [6.45, 7) is 6.02. The number of fused-ring (bicyclic) bond motifs is 3. The van der Waals surface area contributed by atoms with Gasteiger partial charge in [-0.15, -0.1) is 0 Å². The van der Waals surface area contributed by atoms with E-state index >= 15 is 0 Å². The molecule has 2 N–H and O–H groups in total. The molecular weight excluding hydrogens is 510 g/mol. The van der Waals surface area contributed by atoms with Crippen molar-refractivity contribution in [3.63, 3.8) is 0 Å². The first-order valence-electron chi connectivity index (χ1n) is 12.0. The summed E-state index contributed by atoms with van der Waals surface area (Å²) in [7, 11) is 0. The number of nitrogens with two attached hydrogens (primary N) is 1. The number of aromatic nitrogens is 4. The maximum Gasteiger partial charge on any atom is 0.164 e. The molecule has 3 aromatic heterocycles. The molecule has 2 saturated heterocycles. The second-order valence-corrected chi connectivity index (χ2v) is 10.5. The molecule has 0 unspecified atom stereocenters. The Bertz CT molecular complexity index is 1420. The van der Waals surface area contributed by atoms with Crippen molar-refractivity contribution in [1.29, 1.82) is 0 Å². The number of benzene rings is 1. The van der Waals surface area contributed by atoms with E-state index in [0.29, 0.717) is 5.82 Å². The van der Waals surface area contributed by atoms with E-state index in [1.54, 1.807) is 6.33 Å². The zero-order valence-corrected chi connectivity index (χ0v) is 21.5. The summed E-state index contributed by atoms with van der Waals surface area (Å²) in [5.74, 6) is -0.174. The van der Waals surface area contributed by atoms with Crippen LogP contribution in [0.4, 0.5) is 5.82 Å². The van der Waals surface area contributed by atoms with Gasteiger partial charge in [-0.3, -0.25) is 0 Å². The first-order chi connectivity index (χ1) is 16.8. The van der Waals surface area contributed by atoms with Gasteiger partial charge in [0.25, 0.3) is 0 Å². The summed E-state index contributed by atoms with van der Waals surface area (Å²) in [4.78, 5) is 13.5. The SMILES string of the molecule is CCc1ncnc2c1ccn2[C@@H]1O[C@H](CCc2ccc3cc(Br)c(N)nc3c2)[C@H]2OC(C)(C)O[C@H]21. The molecule has 5 heterocycles. The second-order valence-electron chi connectivity index (χ2n) is 9.69. The number of rotatable bonds is 5. The quantitative estimate of drug-likeness (QED) is 0.385. The van der Waals surface area contributed by atoms with Gasteiger partial charge in [-0.1, -0.05) is 19.1 Å². The number of nitrogen functional groups attached to an aromatic ring is 1. The van der Waals surface area contributed by atoms with Crippen LogP contribution in [0.15, 0.2) is 47.3 Å². The monoisotopic (exact) mass is 537 g/mol. The minimum Gasteiger partial charge on any atom is -0.383 e. The van der Waals surface area contributed by atoms with Gasteiger partial charge < -0.3 is 24.5 Å². The largest absolute Gasteiger partial charge is 0.383 e. The lowest BCUT2D eigenvalue weighted by Gasteiger charge is -2.25. The highest BCUT2D eigenvalue weighted by molar-refractivity contribution is 9.10. The number of pyridine rings is 1. The molecule has 0 spiro atoms. The molecule has 2 aliphatic heterocycles. The highest BCUT2D eigenvalue weighted by atomic mass is 79.9. The third-order valence-corrected chi connectivity index (χ3v) is 7.54. The van der Waals surface area contributed by atoms with Gasteiger partial charge in [0.1, 0.15) is 30.0 Å². The average Bonchev–Trinajstić information content (AvgIpc) is 3.49. The third-order valence-electron chi connectivity index (χ3n) is 6.91. The Balaban J connectivity index is 1.27. The summed E-state index contributed by atoms with van der Waals surface area (Å²) >= 11 is 3.45. The van der Waals surface area contributed by atoms with Gasteiger partial charge in [-0.25, -0.2) is 15.0 Å². The van der Waals surface area contributed by atoms with Crippen molar-refractivity contribution in [2.24, 2.45) is 0 Å². The molecule has 1 aromatic carbocycles. The van der Waals surface area contributed by atoms with E-state index in [4.69, 9.17) is 19.9 Å². The molecule has 0 amide bonds. The molecular formula is C26H28BrN5O3. The predicted octanol–water partition coefficient (Wildman–Crippen LogP) is 4.94. The molecule has 8 nitrogen and oxygen atoms in total. The highest BCUT2D eigenvalue weighted by Gasteiger charge is 2.55. The molecule has 0 radical (unpaired) electrons. The number of anilines is 1. The predicted molar refractivity (Wildman–Crippen MR) is 137 cm³/mol. The molecule has 4 aromatic rings. The summed E-state index contributed by atoms with van der Waals surface area (Å²) in [5, 5.41) is 2.10. The van der Waals surface area contributed by atoms with Crippen LogP contribution in [0.2, 0.25) is 0 Å². The fourth-order valence-corrected chi connectivity index (χ4v) is 5.63. The maximum absolute atomic E-state index is 6.60. The van der Waals surface area contributed by atoms with Crippen molar-refractivity contribution in [1.82, 2.24) is 19.5 Å². The zero-order chi connectivity index (χ0) is 24.3. The molecule has 0 aliphatic carbocycles. The Morgan fingerprint density at radius 2 is 1.94 bits per heavy atom. The minimum atomic E-state index is -0.667. The standard InChI is InChI=1S/C26H28BrN5O3/c1-4-18-16-9-10-32(24(16)30-13-29-18)25-22-21(34-26(2,3)35-22)20(33-25)8-6-14-5-7-15-12-17(27)23(28)31-19(15)11-14/h5,7,9-13,20-22,25H,4,6,8H2,1-3H3,(H2,28,31)/t20-,21-,22-,25-/m1/s1. The Morgan fingerprint density at radius 3 is 2.77 bits per heavy atom.